The van der Waals surface area contributed by atoms with E-state index in [4.69, 9.17) is 0 Å². The van der Waals surface area contributed by atoms with Gasteiger partial charge in [0, 0.05) is 12.1 Å². The molecule has 0 bridgehead atoms. The van der Waals surface area contributed by atoms with Gasteiger partial charge < -0.3 is 15.4 Å². The molecule has 0 saturated carbocycles. The van der Waals surface area contributed by atoms with E-state index in [-0.39, 0.29) is 17.1 Å². The molecule has 0 heterocycles. The molecule has 2 rings (SSSR count). The van der Waals surface area contributed by atoms with Crippen molar-refractivity contribution in [1.82, 2.24) is 0 Å². The molecule has 1 amide bonds. The maximum absolute atomic E-state index is 13.5. The molecule has 0 aliphatic carbocycles. The van der Waals surface area contributed by atoms with Crippen molar-refractivity contribution in [3.05, 3.63) is 53.8 Å². The molecule has 0 radical (unpaired) electrons. The summed E-state index contributed by atoms with van der Waals surface area (Å²) < 4.78 is 80.8. The van der Waals surface area contributed by atoms with E-state index >= 15 is 0 Å². The summed E-state index contributed by atoms with van der Waals surface area (Å²) in [5, 5.41) is 4.54. The van der Waals surface area contributed by atoms with Crippen LogP contribution in [0, 0.1) is 17.5 Å². The Morgan fingerprint density at radius 2 is 1.62 bits per heavy atom. The number of carbonyl (C=O) groups is 1. The van der Waals surface area contributed by atoms with Crippen molar-refractivity contribution >= 4 is 17.3 Å². The summed E-state index contributed by atoms with van der Waals surface area (Å²) in [6.45, 7) is -2.12. The van der Waals surface area contributed by atoms with Gasteiger partial charge in [-0.25, -0.2) is 13.2 Å². The van der Waals surface area contributed by atoms with Gasteiger partial charge in [0.15, 0.2) is 6.61 Å². The van der Waals surface area contributed by atoms with E-state index in [9.17, 15) is 31.1 Å². The molecule has 0 fully saturated rings. The van der Waals surface area contributed by atoms with Crippen molar-refractivity contribution in [1.29, 1.82) is 0 Å². The first-order valence-corrected chi connectivity index (χ1v) is 7.12. The second kappa shape index (κ2) is 7.98. The zero-order chi connectivity index (χ0) is 19.3. The fraction of sp³-hybridized carbons (Fsp3) is 0.188. The Kier molecular flexibility index (Phi) is 5.96. The summed E-state index contributed by atoms with van der Waals surface area (Å²) in [7, 11) is 0. The van der Waals surface area contributed by atoms with Gasteiger partial charge in [0.25, 0.3) is 0 Å². The van der Waals surface area contributed by atoms with E-state index in [1.54, 1.807) is 0 Å². The van der Waals surface area contributed by atoms with Gasteiger partial charge in [-0.3, -0.25) is 4.79 Å². The van der Waals surface area contributed by atoms with E-state index in [0.717, 1.165) is 30.3 Å². The number of rotatable bonds is 6. The van der Waals surface area contributed by atoms with Crippen LogP contribution in [0.5, 0.6) is 5.75 Å². The largest absolute Gasteiger partial charge is 0.482 e. The first-order chi connectivity index (χ1) is 12.1. The third kappa shape index (κ3) is 5.87. The number of alkyl halides is 3. The summed E-state index contributed by atoms with van der Waals surface area (Å²) in [6.07, 6.45) is -4.59. The Morgan fingerprint density at radius 1 is 0.962 bits per heavy atom. The molecule has 0 aliphatic rings. The van der Waals surface area contributed by atoms with Crippen LogP contribution in [0.1, 0.15) is 0 Å². The number of hydrogen-bond acceptors (Lipinski definition) is 3. The van der Waals surface area contributed by atoms with Gasteiger partial charge in [-0.05, 0) is 24.3 Å². The van der Waals surface area contributed by atoms with Crippen molar-refractivity contribution in [3.8, 4) is 5.75 Å². The Bertz CT molecular complexity index is 795. The lowest BCUT2D eigenvalue weighted by Gasteiger charge is -2.14. The van der Waals surface area contributed by atoms with Crippen LogP contribution >= 0.6 is 0 Å². The molecule has 2 aromatic rings. The van der Waals surface area contributed by atoms with Crippen molar-refractivity contribution in [2.75, 3.05) is 23.8 Å². The molecule has 2 aromatic carbocycles. The highest BCUT2D eigenvalue weighted by Crippen LogP contribution is 2.27. The Morgan fingerprint density at radius 3 is 2.27 bits per heavy atom. The normalized spacial score (nSPS) is 11.2. The molecule has 140 valence electrons. The molecule has 0 aliphatic heterocycles. The van der Waals surface area contributed by atoms with Crippen LogP contribution in [0.25, 0.3) is 0 Å². The fourth-order valence-electron chi connectivity index (χ4n) is 1.89. The number of nitrogens with one attached hydrogen (secondary N) is 2. The van der Waals surface area contributed by atoms with Crippen LogP contribution in [-0.4, -0.2) is 25.2 Å². The van der Waals surface area contributed by atoms with Crippen LogP contribution in [0.4, 0.5) is 37.7 Å². The average molecular weight is 378 g/mol. The van der Waals surface area contributed by atoms with E-state index < -0.39 is 42.7 Å². The predicted octanol–water partition coefficient (Wildman–Crippen LogP) is 4.10. The quantitative estimate of drug-likeness (QED) is 0.745. The Hall–Kier alpha value is -2.91. The second-order valence-corrected chi connectivity index (χ2v) is 5.07. The van der Waals surface area contributed by atoms with Gasteiger partial charge >= 0.3 is 6.18 Å². The van der Waals surface area contributed by atoms with Crippen molar-refractivity contribution in [2.45, 2.75) is 6.18 Å². The lowest BCUT2D eigenvalue weighted by Crippen LogP contribution is -2.23. The van der Waals surface area contributed by atoms with Crippen molar-refractivity contribution in [3.63, 3.8) is 0 Å². The molecule has 0 aromatic heterocycles. The summed E-state index contributed by atoms with van der Waals surface area (Å²) >= 11 is 0. The van der Waals surface area contributed by atoms with Gasteiger partial charge in [-0.2, -0.15) is 13.2 Å². The monoisotopic (exact) mass is 378 g/mol. The minimum absolute atomic E-state index is 0.191. The molecule has 0 atom stereocenters. The summed E-state index contributed by atoms with van der Waals surface area (Å²) in [5.74, 6) is -3.70. The first kappa shape index (κ1) is 19.4. The van der Waals surface area contributed by atoms with Crippen LogP contribution in [0.2, 0.25) is 0 Å². The minimum atomic E-state index is -4.59. The molecule has 26 heavy (non-hydrogen) atoms. The van der Waals surface area contributed by atoms with Crippen molar-refractivity contribution in [2.24, 2.45) is 0 Å². The van der Waals surface area contributed by atoms with Gasteiger partial charge in [-0.15, -0.1) is 0 Å². The molecular weight excluding hydrogens is 366 g/mol. The molecule has 0 saturated heterocycles. The maximum Gasteiger partial charge on any atom is 0.422 e. The van der Waals surface area contributed by atoms with E-state index in [1.165, 1.54) is 0 Å². The SMILES string of the molecule is O=C(CNc1cc(F)ccc1OCC(F)(F)F)Nc1ccc(F)cc1F. The molecule has 0 unspecified atom stereocenters. The van der Waals surface area contributed by atoms with Gasteiger partial charge in [-0.1, -0.05) is 0 Å². The summed E-state index contributed by atoms with van der Waals surface area (Å²) in [5.41, 5.74) is -0.477. The Balaban J connectivity index is 2.01. The molecule has 2 N–H and O–H groups in total. The zero-order valence-electron chi connectivity index (χ0n) is 13.0. The van der Waals surface area contributed by atoms with Gasteiger partial charge in [0.05, 0.1) is 17.9 Å². The van der Waals surface area contributed by atoms with Crippen LogP contribution in [-0.2, 0) is 4.79 Å². The lowest BCUT2D eigenvalue weighted by atomic mass is 10.2. The number of halogens is 6. The second-order valence-electron chi connectivity index (χ2n) is 5.07. The van der Waals surface area contributed by atoms with Crippen LogP contribution in [0.15, 0.2) is 36.4 Å². The third-order valence-corrected chi connectivity index (χ3v) is 2.98. The Labute approximate surface area is 143 Å². The van der Waals surface area contributed by atoms with E-state index in [2.05, 4.69) is 15.4 Å². The zero-order valence-corrected chi connectivity index (χ0v) is 13.0. The number of hydrogen-bond donors (Lipinski definition) is 2. The smallest absolute Gasteiger partial charge is 0.422 e. The number of anilines is 2. The van der Waals surface area contributed by atoms with Gasteiger partial charge in [0.2, 0.25) is 5.91 Å². The van der Waals surface area contributed by atoms with Crippen LogP contribution < -0.4 is 15.4 Å². The topological polar surface area (TPSA) is 50.4 Å². The fourth-order valence-corrected chi connectivity index (χ4v) is 1.89. The highest BCUT2D eigenvalue weighted by molar-refractivity contribution is 5.94. The summed E-state index contributed by atoms with van der Waals surface area (Å²) in [4.78, 5) is 11.8. The first-order valence-electron chi connectivity index (χ1n) is 7.12. The minimum Gasteiger partial charge on any atom is -0.482 e. The molecule has 0 spiro atoms. The highest BCUT2D eigenvalue weighted by Gasteiger charge is 2.29. The van der Waals surface area contributed by atoms with Crippen molar-refractivity contribution < 1.29 is 35.9 Å². The highest BCUT2D eigenvalue weighted by atomic mass is 19.4. The summed E-state index contributed by atoms with van der Waals surface area (Å²) in [6, 6.07) is 5.21. The van der Waals surface area contributed by atoms with Crippen LogP contribution in [0.3, 0.4) is 0 Å². The number of ether oxygens (including phenoxy) is 1. The molecule has 10 heteroatoms. The number of amides is 1. The number of benzene rings is 2. The lowest BCUT2D eigenvalue weighted by molar-refractivity contribution is -0.153. The van der Waals surface area contributed by atoms with Gasteiger partial charge in [0.1, 0.15) is 23.2 Å². The number of carbonyl (C=O) groups excluding carboxylic acids is 1. The predicted molar refractivity (Wildman–Crippen MR) is 81.4 cm³/mol. The van der Waals surface area contributed by atoms with E-state index in [1.807, 2.05) is 0 Å². The molecular formula is C16H12F6N2O2. The third-order valence-electron chi connectivity index (χ3n) is 2.98. The average Bonchev–Trinajstić information content (AvgIpc) is 2.54. The van der Waals surface area contributed by atoms with E-state index in [0.29, 0.717) is 6.07 Å². The molecule has 4 nitrogen and oxygen atoms in total. The maximum atomic E-state index is 13.5. The standard InChI is InChI=1S/C16H12F6N2O2/c17-9-1-3-12(11(19)5-9)24-15(25)7-23-13-6-10(18)2-4-14(13)26-8-16(20,21)22/h1-6,23H,7-8H2,(H,24,25).